The summed E-state index contributed by atoms with van der Waals surface area (Å²) in [6.07, 6.45) is 3.27. The van der Waals surface area contributed by atoms with Crippen LogP contribution in [0.25, 0.3) is 6.08 Å². The number of rotatable bonds is 2. The number of hydrogen-bond donors (Lipinski definition) is 0. The summed E-state index contributed by atoms with van der Waals surface area (Å²) in [5, 5.41) is 4.03. The Hall–Kier alpha value is -1.38. The Morgan fingerprint density at radius 2 is 2.45 bits per heavy atom. The maximum atomic E-state index is 10.9. The summed E-state index contributed by atoms with van der Waals surface area (Å²) in [5.41, 5.74) is 1.28. The lowest BCUT2D eigenvalue weighted by atomic mass is 10.2. The molecule has 0 saturated carbocycles. The number of Topliss-reactive ketones (excluding diaryl/α,β-unsaturated/α-hetero) is 1. The van der Waals surface area contributed by atoms with Gasteiger partial charge in [0.2, 0.25) is 0 Å². The molecule has 1 aromatic heterocycles. The quantitative estimate of drug-likeness (QED) is 0.595. The minimum atomic E-state index is 0.0213. The molecule has 3 heteroatoms. The molecule has 11 heavy (non-hydrogen) atoms. The highest BCUT2D eigenvalue weighted by molar-refractivity contribution is 5.96. The van der Waals surface area contributed by atoms with Crippen LogP contribution in [0.1, 0.15) is 23.0 Å². The molecular formula is C8H10N2O. The molecule has 1 rings (SSSR count). The summed E-state index contributed by atoms with van der Waals surface area (Å²) < 4.78 is 1.60. The van der Waals surface area contributed by atoms with Crippen molar-refractivity contribution in [2.24, 2.45) is 7.05 Å². The van der Waals surface area contributed by atoms with Crippen molar-refractivity contribution in [3.8, 4) is 0 Å². The standard InChI is InChI=1S/C8H10N2O/c1-4-8-7(6(2)11)5-10(3)9-8/h4-5H,1H2,2-3H3. The van der Waals surface area contributed by atoms with Gasteiger partial charge in [0.05, 0.1) is 11.3 Å². The number of carbonyl (C=O) groups excluding carboxylic acids is 1. The molecule has 0 saturated heterocycles. The average molecular weight is 150 g/mol. The molecular weight excluding hydrogens is 140 g/mol. The third-order valence-corrected chi connectivity index (χ3v) is 1.43. The first-order valence-corrected chi connectivity index (χ1v) is 3.32. The van der Waals surface area contributed by atoms with Crippen molar-refractivity contribution in [1.29, 1.82) is 0 Å². The Kier molecular flexibility index (Phi) is 1.89. The van der Waals surface area contributed by atoms with Gasteiger partial charge in [-0.1, -0.05) is 6.58 Å². The minimum Gasteiger partial charge on any atom is -0.294 e. The predicted octanol–water partition coefficient (Wildman–Crippen LogP) is 1.27. The van der Waals surface area contributed by atoms with E-state index in [2.05, 4.69) is 11.7 Å². The molecule has 58 valence electrons. The van der Waals surface area contributed by atoms with E-state index >= 15 is 0 Å². The highest BCUT2D eigenvalue weighted by Crippen LogP contribution is 2.07. The topological polar surface area (TPSA) is 34.9 Å². The molecule has 0 bridgehead atoms. The van der Waals surface area contributed by atoms with Gasteiger partial charge < -0.3 is 0 Å². The smallest absolute Gasteiger partial charge is 0.163 e. The maximum Gasteiger partial charge on any atom is 0.163 e. The van der Waals surface area contributed by atoms with Crippen LogP contribution in [0.15, 0.2) is 12.8 Å². The van der Waals surface area contributed by atoms with Gasteiger partial charge in [0.1, 0.15) is 0 Å². The average Bonchev–Trinajstić information content (AvgIpc) is 2.30. The largest absolute Gasteiger partial charge is 0.294 e. The van der Waals surface area contributed by atoms with E-state index in [4.69, 9.17) is 0 Å². The Morgan fingerprint density at radius 1 is 1.82 bits per heavy atom. The Morgan fingerprint density at radius 3 is 2.82 bits per heavy atom. The zero-order chi connectivity index (χ0) is 8.43. The summed E-state index contributed by atoms with van der Waals surface area (Å²) in [6.45, 7) is 5.08. The van der Waals surface area contributed by atoms with Crippen LogP contribution < -0.4 is 0 Å². The second-order valence-corrected chi connectivity index (χ2v) is 2.36. The minimum absolute atomic E-state index is 0.0213. The third kappa shape index (κ3) is 1.37. The van der Waals surface area contributed by atoms with Crippen LogP contribution in [0.4, 0.5) is 0 Å². The summed E-state index contributed by atoms with van der Waals surface area (Å²) in [4.78, 5) is 10.9. The van der Waals surface area contributed by atoms with E-state index in [1.165, 1.54) is 6.92 Å². The van der Waals surface area contributed by atoms with Crippen LogP contribution in [0, 0.1) is 0 Å². The Labute approximate surface area is 65.3 Å². The number of ketones is 1. The van der Waals surface area contributed by atoms with Gasteiger partial charge in [0.15, 0.2) is 5.78 Å². The van der Waals surface area contributed by atoms with Crippen molar-refractivity contribution in [3.63, 3.8) is 0 Å². The summed E-state index contributed by atoms with van der Waals surface area (Å²) in [6, 6.07) is 0. The van der Waals surface area contributed by atoms with Crippen LogP contribution in [0.5, 0.6) is 0 Å². The van der Waals surface area contributed by atoms with Gasteiger partial charge in [-0.15, -0.1) is 0 Å². The molecule has 0 fully saturated rings. The molecule has 0 N–H and O–H groups in total. The van der Waals surface area contributed by atoms with E-state index in [9.17, 15) is 4.79 Å². The van der Waals surface area contributed by atoms with Crippen molar-refractivity contribution in [3.05, 3.63) is 24.0 Å². The summed E-state index contributed by atoms with van der Waals surface area (Å²) >= 11 is 0. The lowest BCUT2D eigenvalue weighted by Crippen LogP contribution is -1.91. The van der Waals surface area contributed by atoms with Crippen LogP contribution in [-0.2, 0) is 7.05 Å². The second-order valence-electron chi connectivity index (χ2n) is 2.36. The first-order valence-electron chi connectivity index (χ1n) is 3.32. The van der Waals surface area contributed by atoms with E-state index < -0.39 is 0 Å². The molecule has 0 spiro atoms. The number of carbonyl (C=O) groups is 1. The predicted molar refractivity (Wildman–Crippen MR) is 43.3 cm³/mol. The fourth-order valence-electron chi connectivity index (χ4n) is 0.928. The zero-order valence-electron chi connectivity index (χ0n) is 6.66. The van der Waals surface area contributed by atoms with E-state index in [0.29, 0.717) is 11.3 Å². The van der Waals surface area contributed by atoms with Crippen LogP contribution in [-0.4, -0.2) is 15.6 Å². The van der Waals surface area contributed by atoms with Crippen molar-refractivity contribution in [1.82, 2.24) is 9.78 Å². The van der Waals surface area contributed by atoms with E-state index in [1.54, 1.807) is 24.0 Å². The molecule has 0 unspecified atom stereocenters. The van der Waals surface area contributed by atoms with Crippen molar-refractivity contribution in [2.75, 3.05) is 0 Å². The van der Waals surface area contributed by atoms with Gasteiger partial charge in [0.25, 0.3) is 0 Å². The van der Waals surface area contributed by atoms with Crippen LogP contribution in [0.2, 0.25) is 0 Å². The van der Waals surface area contributed by atoms with E-state index in [1.807, 2.05) is 0 Å². The summed E-state index contributed by atoms with van der Waals surface area (Å²) in [5.74, 6) is 0.0213. The highest BCUT2D eigenvalue weighted by atomic mass is 16.1. The fourth-order valence-corrected chi connectivity index (χ4v) is 0.928. The van der Waals surface area contributed by atoms with Gasteiger partial charge in [-0.05, 0) is 13.0 Å². The molecule has 0 radical (unpaired) electrons. The molecule has 0 aliphatic heterocycles. The molecule has 0 amide bonds. The van der Waals surface area contributed by atoms with Gasteiger partial charge >= 0.3 is 0 Å². The van der Waals surface area contributed by atoms with Gasteiger partial charge in [-0.3, -0.25) is 9.48 Å². The lowest BCUT2D eigenvalue weighted by Gasteiger charge is -1.86. The van der Waals surface area contributed by atoms with Gasteiger partial charge in [-0.25, -0.2) is 0 Å². The van der Waals surface area contributed by atoms with Crippen molar-refractivity contribution < 1.29 is 4.79 Å². The van der Waals surface area contributed by atoms with Crippen LogP contribution >= 0.6 is 0 Å². The first kappa shape index (κ1) is 7.72. The normalized spacial score (nSPS) is 9.64. The second kappa shape index (κ2) is 2.70. The van der Waals surface area contributed by atoms with Crippen LogP contribution in [0.3, 0.4) is 0 Å². The molecule has 0 aromatic carbocycles. The summed E-state index contributed by atoms with van der Waals surface area (Å²) in [7, 11) is 1.78. The van der Waals surface area contributed by atoms with Crippen molar-refractivity contribution in [2.45, 2.75) is 6.92 Å². The maximum absolute atomic E-state index is 10.9. The third-order valence-electron chi connectivity index (χ3n) is 1.43. The van der Waals surface area contributed by atoms with E-state index in [0.717, 1.165) is 0 Å². The number of hydrogen-bond acceptors (Lipinski definition) is 2. The number of aromatic nitrogens is 2. The molecule has 1 aromatic rings. The van der Waals surface area contributed by atoms with Gasteiger partial charge in [-0.2, -0.15) is 5.10 Å². The molecule has 3 nitrogen and oxygen atoms in total. The Balaban J connectivity index is 3.22. The lowest BCUT2D eigenvalue weighted by molar-refractivity contribution is 0.101. The Bertz CT molecular complexity index is 299. The monoisotopic (exact) mass is 150 g/mol. The molecule has 0 atom stereocenters. The zero-order valence-corrected chi connectivity index (χ0v) is 6.66. The highest BCUT2D eigenvalue weighted by Gasteiger charge is 2.07. The fraction of sp³-hybridized carbons (Fsp3) is 0.250. The molecule has 1 heterocycles. The number of aryl methyl sites for hydroxylation is 1. The number of nitrogens with zero attached hydrogens (tertiary/aromatic N) is 2. The first-order chi connectivity index (χ1) is 5.15. The van der Waals surface area contributed by atoms with Crippen molar-refractivity contribution >= 4 is 11.9 Å². The van der Waals surface area contributed by atoms with E-state index in [-0.39, 0.29) is 5.78 Å². The molecule has 0 aliphatic carbocycles. The SMILES string of the molecule is C=Cc1nn(C)cc1C(C)=O. The molecule has 0 aliphatic rings. The van der Waals surface area contributed by atoms with Gasteiger partial charge in [0, 0.05) is 13.2 Å².